The summed E-state index contributed by atoms with van der Waals surface area (Å²) in [6.07, 6.45) is 2.59. The van der Waals surface area contributed by atoms with Crippen LogP contribution in [0.2, 0.25) is 0 Å². The highest BCUT2D eigenvalue weighted by molar-refractivity contribution is 5.97. The molecule has 0 amide bonds. The molecule has 5 heteroatoms. The molecule has 23 heavy (non-hydrogen) atoms. The maximum absolute atomic E-state index is 11.8. The third kappa shape index (κ3) is 7.09. The number of ether oxygens (including phenoxy) is 2. The Morgan fingerprint density at radius 1 is 1.13 bits per heavy atom. The van der Waals surface area contributed by atoms with Gasteiger partial charge in [0.2, 0.25) is 0 Å². The molecule has 0 aliphatic rings. The van der Waals surface area contributed by atoms with Gasteiger partial charge in [-0.15, -0.1) is 0 Å². The highest BCUT2D eigenvalue weighted by Crippen LogP contribution is 2.08. The fourth-order valence-corrected chi connectivity index (χ4v) is 1.59. The Balaban J connectivity index is 2.33. The summed E-state index contributed by atoms with van der Waals surface area (Å²) in [5.74, 6) is -1.09. The first-order chi connectivity index (χ1) is 11.0. The average Bonchev–Trinajstić information content (AvgIpc) is 2.56. The molecule has 1 rings (SSSR count). The first kappa shape index (κ1) is 18.2. The first-order valence-corrected chi connectivity index (χ1v) is 7.21. The molecule has 0 N–H and O–H groups in total. The van der Waals surface area contributed by atoms with E-state index in [1.54, 1.807) is 19.1 Å². The molecular formula is C18H19NO4. The van der Waals surface area contributed by atoms with Crippen LogP contribution in [-0.2, 0) is 19.1 Å². The monoisotopic (exact) mass is 313 g/mol. The standard InChI is InChI=1S/C18H19NO4/c1-14(2)17(20)22-10-6-7-11-23-18(21)16(13-19)12-15-8-4-3-5-9-15/h3-5,8-9,12H,1,6-7,10-11H2,2H3. The molecule has 0 aliphatic carbocycles. The molecule has 0 spiro atoms. The van der Waals surface area contributed by atoms with Crippen LogP contribution >= 0.6 is 0 Å². The predicted molar refractivity (Wildman–Crippen MR) is 86.0 cm³/mol. The van der Waals surface area contributed by atoms with Gasteiger partial charge in [-0.25, -0.2) is 9.59 Å². The second-order valence-electron chi connectivity index (χ2n) is 4.84. The van der Waals surface area contributed by atoms with Crippen molar-refractivity contribution in [1.82, 2.24) is 0 Å². The van der Waals surface area contributed by atoms with Gasteiger partial charge in [0.05, 0.1) is 13.2 Å². The van der Waals surface area contributed by atoms with Crippen LogP contribution in [0, 0.1) is 11.3 Å². The van der Waals surface area contributed by atoms with Crippen LogP contribution in [0.15, 0.2) is 48.1 Å². The molecule has 0 saturated carbocycles. The lowest BCUT2D eigenvalue weighted by atomic mass is 10.1. The van der Waals surface area contributed by atoms with Crippen molar-refractivity contribution < 1.29 is 19.1 Å². The van der Waals surface area contributed by atoms with E-state index in [1.807, 2.05) is 24.3 Å². The number of carbonyl (C=O) groups is 2. The molecule has 0 heterocycles. The largest absolute Gasteiger partial charge is 0.462 e. The Morgan fingerprint density at radius 2 is 1.70 bits per heavy atom. The molecular weight excluding hydrogens is 294 g/mol. The van der Waals surface area contributed by atoms with E-state index in [4.69, 9.17) is 14.7 Å². The van der Waals surface area contributed by atoms with E-state index in [2.05, 4.69) is 6.58 Å². The van der Waals surface area contributed by atoms with Crippen molar-refractivity contribution in [2.45, 2.75) is 19.8 Å². The van der Waals surface area contributed by atoms with Gasteiger partial charge >= 0.3 is 11.9 Å². The Bertz CT molecular complexity index is 626. The number of benzene rings is 1. The Kier molecular flexibility index (Phi) is 7.87. The average molecular weight is 313 g/mol. The number of unbranched alkanes of at least 4 members (excludes halogenated alkanes) is 1. The van der Waals surface area contributed by atoms with Crippen LogP contribution in [0.5, 0.6) is 0 Å². The van der Waals surface area contributed by atoms with Gasteiger partial charge in [-0.1, -0.05) is 36.9 Å². The zero-order chi connectivity index (χ0) is 17.1. The molecule has 0 fully saturated rings. The molecule has 0 unspecified atom stereocenters. The predicted octanol–water partition coefficient (Wildman–Crippen LogP) is 3.04. The molecule has 1 aromatic carbocycles. The zero-order valence-corrected chi connectivity index (χ0v) is 13.1. The van der Waals surface area contributed by atoms with Gasteiger partial charge in [0.1, 0.15) is 11.6 Å². The molecule has 0 aliphatic heterocycles. The molecule has 120 valence electrons. The molecule has 5 nitrogen and oxygen atoms in total. The van der Waals surface area contributed by atoms with E-state index in [0.717, 1.165) is 5.56 Å². The van der Waals surface area contributed by atoms with Crippen LogP contribution < -0.4 is 0 Å². The van der Waals surface area contributed by atoms with E-state index >= 15 is 0 Å². The Labute approximate surface area is 135 Å². The minimum atomic E-state index is -0.657. The van der Waals surface area contributed by atoms with E-state index in [9.17, 15) is 9.59 Å². The summed E-state index contributed by atoms with van der Waals surface area (Å²) in [6.45, 7) is 5.46. The fourth-order valence-electron chi connectivity index (χ4n) is 1.59. The number of hydrogen-bond donors (Lipinski definition) is 0. The highest BCUT2D eigenvalue weighted by Gasteiger charge is 2.10. The van der Waals surface area contributed by atoms with E-state index < -0.39 is 11.9 Å². The smallest absolute Gasteiger partial charge is 0.348 e. The molecule has 0 aromatic heterocycles. The Hall–Kier alpha value is -2.87. The van der Waals surface area contributed by atoms with Crippen molar-refractivity contribution in [2.24, 2.45) is 0 Å². The van der Waals surface area contributed by atoms with Crippen molar-refractivity contribution in [1.29, 1.82) is 5.26 Å². The number of esters is 2. The number of carbonyl (C=O) groups excluding carboxylic acids is 2. The lowest BCUT2D eigenvalue weighted by Crippen LogP contribution is -2.10. The van der Waals surface area contributed by atoms with Crippen molar-refractivity contribution in [3.05, 3.63) is 53.6 Å². The van der Waals surface area contributed by atoms with Crippen LogP contribution in [0.25, 0.3) is 6.08 Å². The molecule has 0 radical (unpaired) electrons. The molecule has 0 saturated heterocycles. The number of hydrogen-bond acceptors (Lipinski definition) is 5. The third-order valence-electron chi connectivity index (χ3n) is 2.80. The Morgan fingerprint density at radius 3 is 2.22 bits per heavy atom. The zero-order valence-electron chi connectivity index (χ0n) is 13.1. The summed E-state index contributed by atoms with van der Waals surface area (Å²) in [5.41, 5.74) is 1.05. The van der Waals surface area contributed by atoms with Crippen molar-refractivity contribution in [2.75, 3.05) is 13.2 Å². The van der Waals surface area contributed by atoms with E-state index in [1.165, 1.54) is 6.08 Å². The maximum Gasteiger partial charge on any atom is 0.348 e. The molecule has 1 aromatic rings. The maximum atomic E-state index is 11.8. The van der Waals surface area contributed by atoms with Gasteiger partial charge in [0, 0.05) is 5.57 Å². The van der Waals surface area contributed by atoms with Gasteiger partial charge < -0.3 is 9.47 Å². The van der Waals surface area contributed by atoms with E-state index in [0.29, 0.717) is 18.4 Å². The van der Waals surface area contributed by atoms with Gasteiger partial charge in [0.25, 0.3) is 0 Å². The minimum Gasteiger partial charge on any atom is -0.462 e. The summed E-state index contributed by atoms with van der Waals surface area (Å²) in [7, 11) is 0. The minimum absolute atomic E-state index is 0.0510. The van der Waals surface area contributed by atoms with Crippen LogP contribution in [0.4, 0.5) is 0 Å². The SMILES string of the molecule is C=C(C)C(=O)OCCCCOC(=O)C(C#N)=Cc1ccccc1. The molecule has 0 bridgehead atoms. The quantitative estimate of drug-likeness (QED) is 0.319. The summed E-state index contributed by atoms with van der Waals surface area (Å²) in [6, 6.07) is 10.9. The second-order valence-corrected chi connectivity index (χ2v) is 4.84. The molecule has 0 atom stereocenters. The summed E-state index contributed by atoms with van der Waals surface area (Å²) < 4.78 is 9.95. The van der Waals surface area contributed by atoms with Crippen LogP contribution in [-0.4, -0.2) is 25.2 Å². The van der Waals surface area contributed by atoms with E-state index in [-0.39, 0.29) is 18.8 Å². The van der Waals surface area contributed by atoms with Gasteiger partial charge in [-0.05, 0) is 31.4 Å². The van der Waals surface area contributed by atoms with Crippen LogP contribution in [0.1, 0.15) is 25.3 Å². The topological polar surface area (TPSA) is 76.4 Å². The number of nitrogens with zero attached hydrogens (tertiary/aromatic N) is 1. The highest BCUT2D eigenvalue weighted by atomic mass is 16.5. The summed E-state index contributed by atoms with van der Waals surface area (Å²) in [4.78, 5) is 22.9. The third-order valence-corrected chi connectivity index (χ3v) is 2.80. The lowest BCUT2D eigenvalue weighted by molar-refractivity contribution is -0.141. The van der Waals surface area contributed by atoms with Crippen molar-refractivity contribution >= 4 is 18.0 Å². The fraction of sp³-hybridized carbons (Fsp3) is 0.278. The normalized spacial score (nSPS) is 10.5. The number of nitriles is 1. The summed E-state index contributed by atoms with van der Waals surface area (Å²) in [5, 5.41) is 9.03. The van der Waals surface area contributed by atoms with Gasteiger partial charge in [-0.2, -0.15) is 5.26 Å². The van der Waals surface area contributed by atoms with Crippen LogP contribution in [0.3, 0.4) is 0 Å². The van der Waals surface area contributed by atoms with Gasteiger partial charge in [-0.3, -0.25) is 0 Å². The summed E-state index contributed by atoms with van der Waals surface area (Å²) >= 11 is 0. The van der Waals surface area contributed by atoms with Gasteiger partial charge in [0.15, 0.2) is 0 Å². The second kappa shape index (κ2) is 9.96. The van der Waals surface area contributed by atoms with Crippen molar-refractivity contribution in [3.63, 3.8) is 0 Å². The lowest BCUT2D eigenvalue weighted by Gasteiger charge is -2.05. The number of rotatable bonds is 8. The van der Waals surface area contributed by atoms with Crippen molar-refractivity contribution in [3.8, 4) is 6.07 Å². The first-order valence-electron chi connectivity index (χ1n) is 7.21.